The summed E-state index contributed by atoms with van der Waals surface area (Å²) in [6.07, 6.45) is 0.872. The van der Waals surface area contributed by atoms with Gasteiger partial charge in [-0.15, -0.1) is 0 Å². The molecule has 0 atom stereocenters. The molecular weight excluding hydrogens is 284 g/mol. The highest BCUT2D eigenvalue weighted by Gasteiger charge is 2.17. The number of aromatic hydroxyl groups is 1. The smallest absolute Gasteiger partial charge is 0.200 e. The van der Waals surface area contributed by atoms with Crippen molar-refractivity contribution in [3.63, 3.8) is 0 Å². The van der Waals surface area contributed by atoms with Crippen LogP contribution in [0.2, 0.25) is 0 Å². The van der Waals surface area contributed by atoms with Crippen LogP contribution in [0, 0.1) is 23.3 Å². The summed E-state index contributed by atoms with van der Waals surface area (Å²) in [5.74, 6) is -5.42. The van der Waals surface area contributed by atoms with Gasteiger partial charge in [-0.25, -0.2) is 13.2 Å². The molecule has 21 heavy (non-hydrogen) atoms. The van der Waals surface area contributed by atoms with E-state index in [1.54, 1.807) is 0 Å². The molecule has 0 heterocycles. The topological polar surface area (TPSA) is 20.2 Å². The second kappa shape index (κ2) is 6.16. The van der Waals surface area contributed by atoms with E-state index in [4.69, 9.17) is 0 Å². The first-order valence-electron chi connectivity index (χ1n) is 6.57. The largest absolute Gasteiger partial charge is 0.505 e. The summed E-state index contributed by atoms with van der Waals surface area (Å²) in [5, 5.41) is 9.51. The van der Waals surface area contributed by atoms with Crippen LogP contribution in [0.4, 0.5) is 17.6 Å². The lowest BCUT2D eigenvalue weighted by atomic mass is 10.00. The predicted octanol–water partition coefficient (Wildman–Crippen LogP) is 4.49. The van der Waals surface area contributed by atoms with E-state index in [1.165, 1.54) is 12.1 Å². The Labute approximate surface area is 119 Å². The summed E-state index contributed by atoms with van der Waals surface area (Å²) in [4.78, 5) is 0. The minimum Gasteiger partial charge on any atom is -0.505 e. The van der Waals surface area contributed by atoms with Crippen molar-refractivity contribution in [3.8, 4) is 5.75 Å². The first kappa shape index (κ1) is 15.4. The zero-order valence-electron chi connectivity index (χ0n) is 11.4. The van der Waals surface area contributed by atoms with Gasteiger partial charge in [0.15, 0.2) is 23.2 Å². The van der Waals surface area contributed by atoms with Crippen molar-refractivity contribution in [2.75, 3.05) is 0 Å². The van der Waals surface area contributed by atoms with Crippen LogP contribution >= 0.6 is 0 Å². The summed E-state index contributed by atoms with van der Waals surface area (Å²) >= 11 is 0. The molecule has 2 aromatic carbocycles. The van der Waals surface area contributed by atoms with E-state index in [-0.39, 0.29) is 23.1 Å². The average Bonchev–Trinajstić information content (AvgIpc) is 2.47. The number of phenols is 1. The van der Waals surface area contributed by atoms with E-state index in [0.29, 0.717) is 12.8 Å². The van der Waals surface area contributed by atoms with Crippen molar-refractivity contribution in [3.05, 3.63) is 64.2 Å². The van der Waals surface area contributed by atoms with Gasteiger partial charge in [0.25, 0.3) is 0 Å². The Bertz CT molecular complexity index is 668. The van der Waals surface area contributed by atoms with Crippen molar-refractivity contribution < 1.29 is 22.7 Å². The van der Waals surface area contributed by atoms with Crippen molar-refractivity contribution >= 4 is 0 Å². The van der Waals surface area contributed by atoms with Crippen LogP contribution in [0.1, 0.15) is 30.0 Å². The molecule has 0 aliphatic rings. The van der Waals surface area contributed by atoms with Gasteiger partial charge in [-0.2, -0.15) is 4.39 Å². The van der Waals surface area contributed by atoms with Gasteiger partial charge >= 0.3 is 0 Å². The third-order valence-electron chi connectivity index (χ3n) is 3.30. The minimum absolute atomic E-state index is 0.00422. The Morgan fingerprint density at radius 2 is 1.38 bits per heavy atom. The summed E-state index contributed by atoms with van der Waals surface area (Å²) in [6, 6.07) is 4.84. The van der Waals surface area contributed by atoms with Crippen molar-refractivity contribution in [1.29, 1.82) is 0 Å². The lowest BCUT2D eigenvalue weighted by Crippen LogP contribution is -2.01. The molecule has 1 N–H and O–H groups in total. The Hall–Kier alpha value is -2.04. The molecule has 0 saturated heterocycles. The van der Waals surface area contributed by atoms with Gasteiger partial charge in [-0.1, -0.05) is 31.5 Å². The fourth-order valence-electron chi connectivity index (χ4n) is 2.16. The van der Waals surface area contributed by atoms with Gasteiger partial charge in [0, 0.05) is 12.0 Å². The molecule has 0 amide bonds. The van der Waals surface area contributed by atoms with E-state index in [1.807, 2.05) is 6.92 Å². The predicted molar refractivity (Wildman–Crippen MR) is 71.2 cm³/mol. The number of rotatable bonds is 4. The zero-order valence-corrected chi connectivity index (χ0v) is 11.4. The maximum absolute atomic E-state index is 14.0. The number of hydrogen-bond donors (Lipinski definition) is 1. The molecule has 5 heteroatoms. The normalized spacial score (nSPS) is 10.9. The third kappa shape index (κ3) is 3.01. The number of halogens is 4. The van der Waals surface area contributed by atoms with E-state index < -0.39 is 29.0 Å². The molecular formula is C16H14F4O. The number of aryl methyl sites for hydroxylation is 1. The maximum atomic E-state index is 14.0. The van der Waals surface area contributed by atoms with E-state index in [9.17, 15) is 22.7 Å². The molecule has 2 rings (SSSR count). The molecule has 0 saturated carbocycles. The van der Waals surface area contributed by atoms with Gasteiger partial charge < -0.3 is 5.11 Å². The monoisotopic (exact) mass is 298 g/mol. The summed E-state index contributed by atoms with van der Waals surface area (Å²) in [6.45, 7) is 1.85. The summed E-state index contributed by atoms with van der Waals surface area (Å²) in [5.41, 5.74) is 0.248. The second-order valence-corrected chi connectivity index (χ2v) is 4.81. The molecule has 112 valence electrons. The van der Waals surface area contributed by atoms with Crippen LogP contribution in [0.5, 0.6) is 5.75 Å². The van der Waals surface area contributed by atoms with E-state index in [0.717, 1.165) is 12.1 Å². The fourth-order valence-corrected chi connectivity index (χ4v) is 2.16. The number of hydrogen-bond acceptors (Lipinski definition) is 1. The first-order chi connectivity index (χ1) is 9.95. The zero-order chi connectivity index (χ0) is 15.6. The van der Waals surface area contributed by atoms with Crippen molar-refractivity contribution in [2.24, 2.45) is 0 Å². The van der Waals surface area contributed by atoms with Crippen LogP contribution < -0.4 is 0 Å². The quantitative estimate of drug-likeness (QED) is 0.824. The van der Waals surface area contributed by atoms with Crippen LogP contribution in [0.25, 0.3) is 0 Å². The lowest BCUT2D eigenvalue weighted by Gasteiger charge is -2.10. The van der Waals surface area contributed by atoms with Crippen LogP contribution in [-0.4, -0.2) is 5.11 Å². The highest BCUT2D eigenvalue weighted by molar-refractivity contribution is 5.39. The maximum Gasteiger partial charge on any atom is 0.200 e. The molecule has 1 nitrogen and oxygen atoms in total. The number of phenolic OH excluding ortho intramolecular Hbond substituents is 1. The Morgan fingerprint density at radius 3 is 2.05 bits per heavy atom. The van der Waals surface area contributed by atoms with E-state index >= 15 is 0 Å². The first-order valence-corrected chi connectivity index (χ1v) is 6.57. The van der Waals surface area contributed by atoms with Crippen molar-refractivity contribution in [2.45, 2.75) is 26.2 Å². The Kier molecular flexibility index (Phi) is 4.50. The fraction of sp³-hybridized carbons (Fsp3) is 0.250. The molecule has 0 unspecified atom stereocenters. The molecule has 0 spiro atoms. The molecule has 2 aromatic rings. The van der Waals surface area contributed by atoms with Gasteiger partial charge in [-0.3, -0.25) is 0 Å². The molecule has 0 aromatic heterocycles. The van der Waals surface area contributed by atoms with Gasteiger partial charge in [0.05, 0.1) is 0 Å². The molecule has 0 aliphatic heterocycles. The Morgan fingerprint density at radius 1 is 0.810 bits per heavy atom. The number of benzene rings is 2. The SMILES string of the molecule is CCCc1ccc(Cc2ccc(F)c(F)c2O)c(F)c1F. The van der Waals surface area contributed by atoms with Crippen molar-refractivity contribution in [1.82, 2.24) is 0 Å². The van der Waals surface area contributed by atoms with Crippen LogP contribution in [-0.2, 0) is 12.8 Å². The van der Waals surface area contributed by atoms with Gasteiger partial charge in [-0.05, 0) is 23.6 Å². The standard InChI is InChI=1S/C16H14F4O/c1-2-3-9-4-5-10(14(19)13(9)18)8-11-6-7-12(17)15(20)16(11)21/h4-7,21H,2-3,8H2,1H3. The molecule has 0 fully saturated rings. The third-order valence-corrected chi connectivity index (χ3v) is 3.30. The average molecular weight is 298 g/mol. The highest BCUT2D eigenvalue weighted by atomic mass is 19.2. The van der Waals surface area contributed by atoms with E-state index in [2.05, 4.69) is 0 Å². The summed E-state index contributed by atoms with van der Waals surface area (Å²) in [7, 11) is 0. The minimum atomic E-state index is -1.39. The van der Waals surface area contributed by atoms with Crippen LogP contribution in [0.3, 0.4) is 0 Å². The second-order valence-electron chi connectivity index (χ2n) is 4.81. The molecule has 0 radical (unpaired) electrons. The van der Waals surface area contributed by atoms with Crippen LogP contribution in [0.15, 0.2) is 24.3 Å². The lowest BCUT2D eigenvalue weighted by molar-refractivity contribution is 0.402. The Balaban J connectivity index is 2.37. The van der Waals surface area contributed by atoms with Gasteiger partial charge in [0.2, 0.25) is 5.82 Å². The molecule has 0 bridgehead atoms. The highest BCUT2D eigenvalue weighted by Crippen LogP contribution is 2.27. The summed E-state index contributed by atoms with van der Waals surface area (Å²) < 4.78 is 53.9. The molecule has 0 aliphatic carbocycles. The van der Waals surface area contributed by atoms with Gasteiger partial charge in [0.1, 0.15) is 0 Å².